The Balaban J connectivity index is 2.90. The van der Waals surface area contributed by atoms with E-state index in [9.17, 15) is 4.79 Å². The van der Waals surface area contributed by atoms with Crippen molar-refractivity contribution in [3.8, 4) is 0 Å². The van der Waals surface area contributed by atoms with Crippen molar-refractivity contribution in [1.29, 1.82) is 0 Å². The van der Waals surface area contributed by atoms with Crippen LogP contribution < -0.4 is 5.32 Å². The molecule has 1 rings (SSSR count). The Morgan fingerprint density at radius 3 is 2.41 bits per heavy atom. The van der Waals surface area contributed by atoms with Crippen LogP contribution >= 0.6 is 27.5 Å². The Hall–Kier alpha value is -0.540. The van der Waals surface area contributed by atoms with Gasteiger partial charge in [0.25, 0.3) is 5.91 Å². The Bertz CT molecular complexity index is 396. The largest absolute Gasteiger partial charge is 0.347 e. The molecule has 0 aliphatic rings. The first-order chi connectivity index (χ1) is 7.90. The number of benzene rings is 1. The van der Waals surface area contributed by atoms with Crippen LogP contribution in [0.2, 0.25) is 5.02 Å². The third-order valence-electron chi connectivity index (χ3n) is 3.10. The van der Waals surface area contributed by atoms with Crippen LogP contribution in [-0.4, -0.2) is 11.4 Å². The molecule has 1 aromatic carbocycles. The van der Waals surface area contributed by atoms with Crippen LogP contribution in [0.15, 0.2) is 22.7 Å². The smallest absolute Gasteiger partial charge is 0.251 e. The summed E-state index contributed by atoms with van der Waals surface area (Å²) in [7, 11) is 0. The highest BCUT2D eigenvalue weighted by molar-refractivity contribution is 9.10. The summed E-state index contributed by atoms with van der Waals surface area (Å²) in [5.41, 5.74) is 0.420. The highest BCUT2D eigenvalue weighted by atomic mass is 79.9. The molecule has 0 spiro atoms. The standard InChI is InChI=1S/C13H17BrClNO/c1-4-13(3,5-2)16-12(17)9-6-10(14)8-11(15)7-9/h6-8H,4-5H2,1-3H3,(H,16,17). The molecule has 0 bridgehead atoms. The van der Waals surface area contributed by atoms with E-state index in [0.29, 0.717) is 10.6 Å². The summed E-state index contributed by atoms with van der Waals surface area (Å²) < 4.78 is 0.810. The summed E-state index contributed by atoms with van der Waals surface area (Å²) in [6.07, 6.45) is 1.80. The maximum Gasteiger partial charge on any atom is 0.251 e. The Kier molecular flexibility index (Phi) is 5.02. The lowest BCUT2D eigenvalue weighted by molar-refractivity contribution is 0.0901. The lowest BCUT2D eigenvalue weighted by atomic mass is 9.95. The molecule has 0 aliphatic heterocycles. The van der Waals surface area contributed by atoms with Gasteiger partial charge in [-0.05, 0) is 38.0 Å². The average Bonchev–Trinajstić information content (AvgIpc) is 2.27. The maximum absolute atomic E-state index is 12.1. The lowest BCUT2D eigenvalue weighted by Gasteiger charge is -2.28. The molecule has 0 aromatic heterocycles. The van der Waals surface area contributed by atoms with Crippen molar-refractivity contribution in [2.24, 2.45) is 0 Å². The molecule has 94 valence electrons. The van der Waals surface area contributed by atoms with Crippen LogP contribution in [0.5, 0.6) is 0 Å². The number of carbonyl (C=O) groups excluding carboxylic acids is 1. The van der Waals surface area contributed by atoms with Crippen LogP contribution in [0.3, 0.4) is 0 Å². The summed E-state index contributed by atoms with van der Waals surface area (Å²) in [4.78, 5) is 12.1. The van der Waals surface area contributed by atoms with E-state index in [2.05, 4.69) is 35.1 Å². The van der Waals surface area contributed by atoms with Crippen molar-refractivity contribution < 1.29 is 4.79 Å². The van der Waals surface area contributed by atoms with Gasteiger partial charge < -0.3 is 5.32 Å². The second kappa shape index (κ2) is 5.87. The quantitative estimate of drug-likeness (QED) is 0.875. The van der Waals surface area contributed by atoms with Gasteiger partial charge in [-0.3, -0.25) is 4.79 Å². The maximum atomic E-state index is 12.1. The van der Waals surface area contributed by atoms with Crippen LogP contribution in [0.1, 0.15) is 44.0 Å². The van der Waals surface area contributed by atoms with Gasteiger partial charge in [0.15, 0.2) is 0 Å². The first kappa shape index (κ1) is 14.5. The normalized spacial score (nSPS) is 11.4. The van der Waals surface area contributed by atoms with Crippen molar-refractivity contribution in [3.05, 3.63) is 33.3 Å². The summed E-state index contributed by atoms with van der Waals surface area (Å²) >= 11 is 9.25. The summed E-state index contributed by atoms with van der Waals surface area (Å²) in [6, 6.07) is 5.21. The van der Waals surface area contributed by atoms with E-state index in [1.807, 2.05) is 6.92 Å². The number of hydrogen-bond acceptors (Lipinski definition) is 1. The van der Waals surface area contributed by atoms with Crippen molar-refractivity contribution in [1.82, 2.24) is 5.32 Å². The molecule has 0 heterocycles. The van der Waals surface area contributed by atoms with Gasteiger partial charge in [-0.2, -0.15) is 0 Å². The zero-order valence-corrected chi connectivity index (χ0v) is 12.7. The van der Waals surface area contributed by atoms with Crippen molar-refractivity contribution >= 4 is 33.4 Å². The van der Waals surface area contributed by atoms with Crippen LogP contribution in [0.4, 0.5) is 0 Å². The lowest BCUT2D eigenvalue weighted by Crippen LogP contribution is -2.44. The molecule has 4 heteroatoms. The third-order valence-corrected chi connectivity index (χ3v) is 3.78. The fourth-order valence-electron chi connectivity index (χ4n) is 1.46. The summed E-state index contributed by atoms with van der Waals surface area (Å²) in [6.45, 7) is 6.18. The van der Waals surface area contributed by atoms with E-state index < -0.39 is 0 Å². The number of amides is 1. The van der Waals surface area contributed by atoms with Crippen LogP contribution in [0, 0.1) is 0 Å². The van der Waals surface area contributed by atoms with Crippen molar-refractivity contribution in [3.63, 3.8) is 0 Å². The predicted octanol–water partition coefficient (Wildman–Crippen LogP) is 4.41. The molecule has 0 fully saturated rings. The van der Waals surface area contributed by atoms with Gasteiger partial charge in [0, 0.05) is 20.6 Å². The van der Waals surface area contributed by atoms with E-state index in [-0.39, 0.29) is 11.4 Å². The van der Waals surface area contributed by atoms with Gasteiger partial charge >= 0.3 is 0 Å². The molecule has 1 aromatic rings. The van der Waals surface area contributed by atoms with Gasteiger partial charge in [-0.25, -0.2) is 0 Å². The topological polar surface area (TPSA) is 29.1 Å². The highest BCUT2D eigenvalue weighted by Crippen LogP contribution is 2.21. The van der Waals surface area contributed by atoms with E-state index in [1.54, 1.807) is 18.2 Å². The molecule has 0 atom stereocenters. The molecule has 0 saturated carbocycles. The molecule has 0 saturated heterocycles. The molecular formula is C13H17BrClNO. The van der Waals surface area contributed by atoms with Gasteiger partial charge in [-0.15, -0.1) is 0 Å². The number of hydrogen-bond donors (Lipinski definition) is 1. The minimum absolute atomic E-state index is 0.0839. The Labute approximate surface area is 116 Å². The summed E-state index contributed by atoms with van der Waals surface area (Å²) in [5.74, 6) is -0.0839. The fraction of sp³-hybridized carbons (Fsp3) is 0.462. The first-order valence-electron chi connectivity index (χ1n) is 5.69. The number of nitrogens with one attached hydrogen (secondary N) is 1. The zero-order valence-electron chi connectivity index (χ0n) is 10.3. The van der Waals surface area contributed by atoms with Gasteiger partial charge in [-0.1, -0.05) is 41.4 Å². The van der Waals surface area contributed by atoms with Crippen molar-refractivity contribution in [2.75, 3.05) is 0 Å². The monoisotopic (exact) mass is 317 g/mol. The van der Waals surface area contributed by atoms with E-state index in [1.165, 1.54) is 0 Å². The van der Waals surface area contributed by atoms with Gasteiger partial charge in [0.1, 0.15) is 0 Å². The number of halogens is 2. The van der Waals surface area contributed by atoms with E-state index >= 15 is 0 Å². The van der Waals surface area contributed by atoms with Crippen LogP contribution in [-0.2, 0) is 0 Å². The predicted molar refractivity (Wildman–Crippen MR) is 75.6 cm³/mol. The third kappa shape index (κ3) is 4.00. The molecule has 1 amide bonds. The molecule has 2 nitrogen and oxygen atoms in total. The highest BCUT2D eigenvalue weighted by Gasteiger charge is 2.22. The van der Waals surface area contributed by atoms with E-state index in [4.69, 9.17) is 11.6 Å². The SMILES string of the molecule is CCC(C)(CC)NC(=O)c1cc(Cl)cc(Br)c1. The molecule has 0 unspecified atom stereocenters. The Morgan fingerprint density at radius 2 is 1.94 bits per heavy atom. The fourth-order valence-corrected chi connectivity index (χ4v) is 2.32. The molecule has 0 radical (unpaired) electrons. The molecule has 17 heavy (non-hydrogen) atoms. The molecular weight excluding hydrogens is 302 g/mol. The van der Waals surface area contributed by atoms with Crippen molar-refractivity contribution in [2.45, 2.75) is 39.2 Å². The minimum atomic E-state index is -0.161. The van der Waals surface area contributed by atoms with Gasteiger partial charge in [0.05, 0.1) is 0 Å². The minimum Gasteiger partial charge on any atom is -0.347 e. The number of carbonyl (C=O) groups is 1. The Morgan fingerprint density at radius 1 is 1.35 bits per heavy atom. The van der Waals surface area contributed by atoms with Crippen LogP contribution in [0.25, 0.3) is 0 Å². The molecule has 0 aliphatic carbocycles. The van der Waals surface area contributed by atoms with E-state index in [0.717, 1.165) is 17.3 Å². The second-order valence-electron chi connectivity index (χ2n) is 4.38. The average molecular weight is 319 g/mol. The molecule has 1 N–H and O–H groups in total. The van der Waals surface area contributed by atoms with Gasteiger partial charge in [0.2, 0.25) is 0 Å². The zero-order chi connectivity index (χ0) is 13.1. The number of rotatable bonds is 4. The first-order valence-corrected chi connectivity index (χ1v) is 6.86. The second-order valence-corrected chi connectivity index (χ2v) is 5.73. The summed E-state index contributed by atoms with van der Waals surface area (Å²) in [5, 5.41) is 3.60.